The molecule has 0 bridgehead atoms. The molecule has 0 aliphatic rings. The lowest BCUT2D eigenvalue weighted by Gasteiger charge is -2.10. The summed E-state index contributed by atoms with van der Waals surface area (Å²) < 4.78 is 5.25. The zero-order valence-electron chi connectivity index (χ0n) is 13.5. The standard InChI is InChI=1S/C22H18O2/c1-24-21-13-11-20(12-14-21)22(19-5-3-2-4-6-19)15-17-7-9-18(16-23)10-8-17/h2-16H,1H3/b22-15+. The molecular formula is C22H18O2. The van der Waals surface area contributed by atoms with E-state index >= 15 is 0 Å². The topological polar surface area (TPSA) is 26.3 Å². The summed E-state index contributed by atoms with van der Waals surface area (Å²) in [7, 11) is 1.66. The summed E-state index contributed by atoms with van der Waals surface area (Å²) in [4.78, 5) is 10.8. The minimum atomic E-state index is 0.679. The molecule has 0 aromatic heterocycles. The predicted octanol–water partition coefficient (Wildman–Crippen LogP) is 5.10. The molecule has 0 saturated heterocycles. The van der Waals surface area contributed by atoms with Gasteiger partial charge in [-0.25, -0.2) is 0 Å². The fourth-order valence-electron chi connectivity index (χ4n) is 2.56. The van der Waals surface area contributed by atoms with Gasteiger partial charge in [-0.05, 0) is 40.5 Å². The summed E-state index contributed by atoms with van der Waals surface area (Å²) in [5, 5.41) is 0. The van der Waals surface area contributed by atoms with E-state index in [4.69, 9.17) is 4.74 Å². The monoisotopic (exact) mass is 314 g/mol. The molecule has 0 amide bonds. The summed E-state index contributed by atoms with van der Waals surface area (Å²) in [5.41, 5.74) is 5.11. The van der Waals surface area contributed by atoms with Crippen molar-refractivity contribution in [1.82, 2.24) is 0 Å². The van der Waals surface area contributed by atoms with Crippen molar-refractivity contribution in [3.05, 3.63) is 101 Å². The van der Waals surface area contributed by atoms with E-state index in [0.29, 0.717) is 5.56 Å². The first-order valence-corrected chi connectivity index (χ1v) is 7.77. The molecule has 2 nitrogen and oxygen atoms in total. The van der Waals surface area contributed by atoms with Gasteiger partial charge in [-0.1, -0.05) is 66.7 Å². The van der Waals surface area contributed by atoms with Crippen LogP contribution in [0.3, 0.4) is 0 Å². The zero-order valence-corrected chi connectivity index (χ0v) is 13.5. The van der Waals surface area contributed by atoms with Crippen LogP contribution in [-0.4, -0.2) is 13.4 Å². The van der Waals surface area contributed by atoms with Crippen molar-refractivity contribution in [2.75, 3.05) is 7.11 Å². The number of carbonyl (C=O) groups is 1. The summed E-state index contributed by atoms with van der Waals surface area (Å²) in [6.45, 7) is 0. The number of aldehydes is 1. The molecule has 2 heteroatoms. The van der Waals surface area contributed by atoms with Crippen LogP contribution >= 0.6 is 0 Å². The highest BCUT2D eigenvalue weighted by Gasteiger charge is 2.06. The molecule has 0 saturated carbocycles. The van der Waals surface area contributed by atoms with Crippen molar-refractivity contribution in [3.8, 4) is 5.75 Å². The molecule has 0 spiro atoms. The van der Waals surface area contributed by atoms with Crippen LogP contribution in [0, 0.1) is 0 Å². The summed E-state index contributed by atoms with van der Waals surface area (Å²) in [5.74, 6) is 0.835. The van der Waals surface area contributed by atoms with Crippen molar-refractivity contribution >= 4 is 17.9 Å². The molecule has 0 atom stereocenters. The highest BCUT2D eigenvalue weighted by molar-refractivity contribution is 5.91. The second-order valence-corrected chi connectivity index (χ2v) is 5.44. The third-order valence-electron chi connectivity index (χ3n) is 3.87. The minimum Gasteiger partial charge on any atom is -0.497 e. The fourth-order valence-corrected chi connectivity index (χ4v) is 2.56. The van der Waals surface area contributed by atoms with Crippen LogP contribution in [-0.2, 0) is 0 Å². The van der Waals surface area contributed by atoms with Crippen molar-refractivity contribution in [3.63, 3.8) is 0 Å². The van der Waals surface area contributed by atoms with Gasteiger partial charge in [0.25, 0.3) is 0 Å². The van der Waals surface area contributed by atoms with E-state index in [0.717, 1.165) is 34.3 Å². The van der Waals surface area contributed by atoms with E-state index < -0.39 is 0 Å². The normalized spacial score (nSPS) is 11.1. The van der Waals surface area contributed by atoms with E-state index in [-0.39, 0.29) is 0 Å². The molecule has 0 fully saturated rings. The molecular weight excluding hydrogens is 296 g/mol. The number of carbonyl (C=O) groups excluding carboxylic acids is 1. The van der Waals surface area contributed by atoms with Crippen molar-refractivity contribution in [2.45, 2.75) is 0 Å². The number of ether oxygens (including phenoxy) is 1. The smallest absolute Gasteiger partial charge is 0.150 e. The Kier molecular flexibility index (Phi) is 4.87. The van der Waals surface area contributed by atoms with Gasteiger partial charge in [0.05, 0.1) is 7.11 Å². The molecule has 0 radical (unpaired) electrons. The number of rotatable bonds is 5. The van der Waals surface area contributed by atoms with Gasteiger partial charge in [-0.3, -0.25) is 4.79 Å². The Morgan fingerprint density at radius 1 is 0.750 bits per heavy atom. The molecule has 0 aliphatic heterocycles. The van der Waals surface area contributed by atoms with Gasteiger partial charge < -0.3 is 4.74 Å². The van der Waals surface area contributed by atoms with Crippen molar-refractivity contribution in [1.29, 1.82) is 0 Å². The molecule has 24 heavy (non-hydrogen) atoms. The Bertz CT molecular complexity index is 829. The lowest BCUT2D eigenvalue weighted by atomic mass is 9.95. The van der Waals surface area contributed by atoms with Gasteiger partial charge in [0.2, 0.25) is 0 Å². The van der Waals surface area contributed by atoms with Gasteiger partial charge in [-0.15, -0.1) is 0 Å². The Labute approximate surface area is 142 Å². The van der Waals surface area contributed by atoms with E-state index in [1.54, 1.807) is 7.11 Å². The minimum absolute atomic E-state index is 0.679. The molecule has 0 aliphatic carbocycles. The van der Waals surface area contributed by atoms with Gasteiger partial charge in [-0.2, -0.15) is 0 Å². The summed E-state index contributed by atoms with van der Waals surface area (Å²) in [6, 6.07) is 25.8. The third-order valence-corrected chi connectivity index (χ3v) is 3.87. The maximum atomic E-state index is 10.8. The predicted molar refractivity (Wildman–Crippen MR) is 98.2 cm³/mol. The molecule has 0 N–H and O–H groups in total. The molecule has 0 unspecified atom stereocenters. The summed E-state index contributed by atoms with van der Waals surface area (Å²) in [6.07, 6.45) is 2.99. The van der Waals surface area contributed by atoms with Crippen LogP contribution in [0.1, 0.15) is 27.0 Å². The average Bonchev–Trinajstić information content (AvgIpc) is 2.67. The number of hydrogen-bond donors (Lipinski definition) is 0. The number of benzene rings is 3. The van der Waals surface area contributed by atoms with Crippen molar-refractivity contribution < 1.29 is 9.53 Å². The van der Waals surface area contributed by atoms with Crippen LogP contribution < -0.4 is 4.74 Å². The molecule has 118 valence electrons. The largest absolute Gasteiger partial charge is 0.497 e. The second kappa shape index (κ2) is 7.42. The first-order valence-electron chi connectivity index (χ1n) is 7.77. The highest BCUT2D eigenvalue weighted by Crippen LogP contribution is 2.27. The van der Waals surface area contributed by atoms with Crippen LogP contribution in [0.2, 0.25) is 0 Å². The third kappa shape index (κ3) is 3.61. The first kappa shape index (κ1) is 15.8. The Hall–Kier alpha value is -3.13. The van der Waals surface area contributed by atoms with Gasteiger partial charge in [0.15, 0.2) is 0 Å². The summed E-state index contributed by atoms with van der Waals surface area (Å²) >= 11 is 0. The maximum absolute atomic E-state index is 10.8. The SMILES string of the molecule is COc1ccc(/C(=C/c2ccc(C=O)cc2)c2ccccc2)cc1. The van der Waals surface area contributed by atoms with Gasteiger partial charge in [0, 0.05) is 5.56 Å². The Balaban J connectivity index is 2.06. The van der Waals surface area contributed by atoms with E-state index in [1.807, 2.05) is 54.6 Å². The Morgan fingerprint density at radius 3 is 1.92 bits per heavy atom. The molecule has 3 rings (SSSR count). The van der Waals surface area contributed by atoms with Crippen LogP contribution in [0.4, 0.5) is 0 Å². The van der Waals surface area contributed by atoms with Crippen LogP contribution in [0.5, 0.6) is 5.75 Å². The maximum Gasteiger partial charge on any atom is 0.150 e. The van der Waals surface area contributed by atoms with Crippen LogP contribution in [0.25, 0.3) is 11.6 Å². The number of hydrogen-bond acceptors (Lipinski definition) is 2. The fraction of sp³-hybridized carbons (Fsp3) is 0.0455. The Morgan fingerprint density at radius 2 is 1.33 bits per heavy atom. The van der Waals surface area contributed by atoms with Gasteiger partial charge >= 0.3 is 0 Å². The zero-order chi connectivity index (χ0) is 16.8. The molecule has 3 aromatic carbocycles. The van der Waals surface area contributed by atoms with E-state index in [1.165, 1.54) is 0 Å². The second-order valence-electron chi connectivity index (χ2n) is 5.44. The number of methoxy groups -OCH3 is 1. The first-order chi connectivity index (χ1) is 11.8. The average molecular weight is 314 g/mol. The quantitative estimate of drug-likeness (QED) is 0.484. The van der Waals surface area contributed by atoms with Gasteiger partial charge in [0.1, 0.15) is 12.0 Å². The van der Waals surface area contributed by atoms with Crippen molar-refractivity contribution in [2.24, 2.45) is 0 Å². The van der Waals surface area contributed by atoms with E-state index in [9.17, 15) is 4.79 Å². The van der Waals surface area contributed by atoms with E-state index in [2.05, 4.69) is 30.3 Å². The lowest BCUT2D eigenvalue weighted by Crippen LogP contribution is -1.90. The molecule has 0 heterocycles. The lowest BCUT2D eigenvalue weighted by molar-refractivity contribution is 0.112. The highest BCUT2D eigenvalue weighted by atomic mass is 16.5. The molecule has 3 aromatic rings. The van der Waals surface area contributed by atoms with Crippen LogP contribution in [0.15, 0.2) is 78.9 Å².